The lowest BCUT2D eigenvalue weighted by molar-refractivity contribution is -0.137. The number of phenolic OH excluding ortho intramolecular Hbond substituents is 1. The normalized spacial score (nSPS) is 13.9. The van der Waals surface area contributed by atoms with Crippen LogP contribution >= 0.6 is 11.3 Å². The van der Waals surface area contributed by atoms with Gasteiger partial charge in [-0.2, -0.15) is 0 Å². The standard InChI is InChI=1S/C26H25N3O5S/c1-14-21(24(31)33-3)23(22(15(2)27-14)25(32)34-4)18-10-5-6-11-19(18)28-26-29-20(13-35-26)16-8-7-9-17(30)12-16/h5-13,23,27,30H,1-4H3,(H,28,29). The molecule has 2 heterocycles. The summed E-state index contributed by atoms with van der Waals surface area (Å²) in [7, 11) is 2.62. The fraction of sp³-hybridized carbons (Fsp3) is 0.192. The van der Waals surface area contributed by atoms with Gasteiger partial charge in [-0.3, -0.25) is 0 Å². The van der Waals surface area contributed by atoms with E-state index in [4.69, 9.17) is 9.47 Å². The second-order valence-electron chi connectivity index (χ2n) is 7.92. The summed E-state index contributed by atoms with van der Waals surface area (Å²) in [4.78, 5) is 30.3. The van der Waals surface area contributed by atoms with E-state index >= 15 is 0 Å². The summed E-state index contributed by atoms with van der Waals surface area (Å²) < 4.78 is 10.1. The minimum Gasteiger partial charge on any atom is -0.508 e. The molecule has 4 rings (SSSR count). The van der Waals surface area contributed by atoms with Crippen LogP contribution in [0.3, 0.4) is 0 Å². The van der Waals surface area contributed by atoms with Crippen molar-refractivity contribution in [2.45, 2.75) is 19.8 Å². The summed E-state index contributed by atoms with van der Waals surface area (Å²) in [6.07, 6.45) is 0. The van der Waals surface area contributed by atoms with Crippen molar-refractivity contribution in [3.63, 3.8) is 0 Å². The molecule has 1 aliphatic heterocycles. The molecule has 0 atom stereocenters. The number of rotatable bonds is 6. The van der Waals surface area contributed by atoms with Gasteiger partial charge in [0.1, 0.15) is 5.75 Å². The van der Waals surface area contributed by atoms with Crippen molar-refractivity contribution in [1.29, 1.82) is 0 Å². The summed E-state index contributed by atoms with van der Waals surface area (Å²) in [5.74, 6) is -1.63. The van der Waals surface area contributed by atoms with Crippen molar-refractivity contribution in [3.05, 3.63) is 82.0 Å². The summed E-state index contributed by atoms with van der Waals surface area (Å²) in [6.45, 7) is 3.55. The number of aromatic nitrogens is 1. The second kappa shape index (κ2) is 10.0. The van der Waals surface area contributed by atoms with Gasteiger partial charge in [0.2, 0.25) is 0 Å². The number of carbonyl (C=O) groups excluding carboxylic acids is 2. The molecule has 9 heteroatoms. The SMILES string of the molecule is COC(=O)C1=C(C)NC(C)=C(C(=O)OC)C1c1ccccc1Nc1nc(-c2cccc(O)c2)cs1. The van der Waals surface area contributed by atoms with E-state index in [1.165, 1.54) is 25.6 Å². The highest BCUT2D eigenvalue weighted by Crippen LogP contribution is 2.43. The first-order valence-electron chi connectivity index (χ1n) is 10.8. The Balaban J connectivity index is 1.78. The van der Waals surface area contributed by atoms with Crippen molar-refractivity contribution < 1.29 is 24.2 Å². The quantitative estimate of drug-likeness (QED) is 0.420. The fourth-order valence-corrected chi connectivity index (χ4v) is 4.90. The molecule has 0 saturated carbocycles. The third-order valence-corrected chi connectivity index (χ3v) is 6.49. The van der Waals surface area contributed by atoms with E-state index in [1.807, 2.05) is 35.7 Å². The van der Waals surface area contributed by atoms with Crippen LogP contribution in [0.4, 0.5) is 10.8 Å². The van der Waals surface area contributed by atoms with Gasteiger partial charge in [-0.15, -0.1) is 11.3 Å². The van der Waals surface area contributed by atoms with Gasteiger partial charge in [0.05, 0.1) is 37.0 Å². The summed E-state index contributed by atoms with van der Waals surface area (Å²) >= 11 is 1.40. The average Bonchev–Trinajstić information content (AvgIpc) is 3.31. The number of phenols is 1. The highest BCUT2D eigenvalue weighted by atomic mass is 32.1. The number of nitrogens with one attached hydrogen (secondary N) is 2. The van der Waals surface area contributed by atoms with Gasteiger partial charge in [-0.1, -0.05) is 30.3 Å². The number of hydrogen-bond donors (Lipinski definition) is 3. The van der Waals surface area contributed by atoms with Gasteiger partial charge in [0, 0.05) is 28.0 Å². The Bertz CT molecular complexity index is 1320. The van der Waals surface area contributed by atoms with Crippen molar-refractivity contribution in [3.8, 4) is 17.0 Å². The third-order valence-electron chi connectivity index (χ3n) is 5.73. The Morgan fingerprint density at radius 3 is 2.29 bits per heavy atom. The smallest absolute Gasteiger partial charge is 0.336 e. The first kappa shape index (κ1) is 24.0. The van der Waals surface area contributed by atoms with Gasteiger partial charge in [0.25, 0.3) is 0 Å². The van der Waals surface area contributed by atoms with Gasteiger partial charge < -0.3 is 25.2 Å². The van der Waals surface area contributed by atoms with Crippen LogP contribution in [0, 0.1) is 0 Å². The molecule has 35 heavy (non-hydrogen) atoms. The van der Waals surface area contributed by atoms with E-state index in [9.17, 15) is 14.7 Å². The molecule has 0 fully saturated rings. The van der Waals surface area contributed by atoms with Crippen LogP contribution in [-0.4, -0.2) is 36.2 Å². The number of dihydropyridines is 1. The Morgan fingerprint density at radius 2 is 1.66 bits per heavy atom. The maximum atomic E-state index is 12.8. The van der Waals surface area contributed by atoms with Crippen LogP contribution in [0.15, 0.2) is 76.5 Å². The molecule has 0 amide bonds. The Kier molecular flexibility index (Phi) is 6.88. The molecule has 0 radical (unpaired) electrons. The third kappa shape index (κ3) is 4.76. The average molecular weight is 492 g/mol. The van der Waals surface area contributed by atoms with E-state index in [0.717, 1.165) is 5.56 Å². The Hall–Kier alpha value is -4.11. The zero-order chi connectivity index (χ0) is 25.1. The largest absolute Gasteiger partial charge is 0.508 e. The van der Waals surface area contributed by atoms with Crippen molar-refractivity contribution in [2.75, 3.05) is 19.5 Å². The molecule has 0 saturated heterocycles. The minimum absolute atomic E-state index is 0.163. The van der Waals surface area contributed by atoms with Crippen LogP contribution in [0.2, 0.25) is 0 Å². The van der Waals surface area contributed by atoms with Gasteiger partial charge in [-0.25, -0.2) is 14.6 Å². The maximum absolute atomic E-state index is 12.8. The number of para-hydroxylation sites is 1. The number of aromatic hydroxyl groups is 1. The second-order valence-corrected chi connectivity index (χ2v) is 8.78. The number of methoxy groups -OCH3 is 2. The maximum Gasteiger partial charge on any atom is 0.336 e. The van der Waals surface area contributed by atoms with Crippen molar-refractivity contribution in [1.82, 2.24) is 10.3 Å². The molecule has 0 bridgehead atoms. The lowest BCUT2D eigenvalue weighted by Crippen LogP contribution is -2.32. The number of thiazole rings is 1. The number of allylic oxidation sites excluding steroid dienone is 2. The summed E-state index contributed by atoms with van der Waals surface area (Å²) in [5.41, 5.74) is 4.73. The molecular weight excluding hydrogens is 466 g/mol. The number of anilines is 2. The van der Waals surface area contributed by atoms with Gasteiger partial charge in [-0.05, 0) is 37.6 Å². The number of nitrogens with zero attached hydrogens (tertiary/aromatic N) is 1. The molecule has 0 unspecified atom stereocenters. The molecule has 2 aromatic carbocycles. The molecule has 1 aliphatic rings. The van der Waals surface area contributed by atoms with Crippen molar-refractivity contribution >= 4 is 34.1 Å². The van der Waals surface area contributed by atoms with Crippen molar-refractivity contribution in [2.24, 2.45) is 0 Å². The number of carbonyl (C=O) groups is 2. The summed E-state index contributed by atoms with van der Waals surface area (Å²) in [6, 6.07) is 14.3. The molecule has 3 N–H and O–H groups in total. The fourth-order valence-electron chi connectivity index (χ4n) is 4.17. The molecule has 0 spiro atoms. The number of benzene rings is 2. The van der Waals surface area contributed by atoms with Crippen LogP contribution in [-0.2, 0) is 19.1 Å². The van der Waals surface area contributed by atoms with Crippen LogP contribution < -0.4 is 10.6 Å². The molecule has 0 aliphatic carbocycles. The predicted molar refractivity (Wildman–Crippen MR) is 134 cm³/mol. The van der Waals surface area contributed by atoms with E-state index in [2.05, 4.69) is 15.6 Å². The number of esters is 2. The van der Waals surface area contributed by atoms with Crippen LogP contribution in [0.1, 0.15) is 25.3 Å². The Labute approximate surface area is 206 Å². The zero-order valence-corrected chi connectivity index (χ0v) is 20.5. The van der Waals surface area contributed by atoms with Gasteiger partial charge in [0.15, 0.2) is 5.13 Å². The molecule has 3 aromatic rings. The lowest BCUT2D eigenvalue weighted by Gasteiger charge is -2.31. The molecule has 180 valence electrons. The predicted octanol–water partition coefficient (Wildman–Crippen LogP) is 4.84. The van der Waals surface area contributed by atoms with Gasteiger partial charge >= 0.3 is 11.9 Å². The van der Waals surface area contributed by atoms with E-state index in [0.29, 0.717) is 44.6 Å². The minimum atomic E-state index is -0.717. The molecule has 8 nitrogen and oxygen atoms in total. The zero-order valence-electron chi connectivity index (χ0n) is 19.7. The Morgan fingerprint density at radius 1 is 1.00 bits per heavy atom. The van der Waals surface area contributed by atoms with Crippen LogP contribution in [0.5, 0.6) is 5.75 Å². The lowest BCUT2D eigenvalue weighted by atomic mass is 9.79. The topological polar surface area (TPSA) is 110 Å². The number of hydrogen-bond acceptors (Lipinski definition) is 9. The van der Waals surface area contributed by atoms with E-state index in [1.54, 1.807) is 32.0 Å². The molecule has 1 aromatic heterocycles. The van der Waals surface area contributed by atoms with E-state index in [-0.39, 0.29) is 5.75 Å². The highest BCUT2D eigenvalue weighted by molar-refractivity contribution is 7.14. The monoisotopic (exact) mass is 491 g/mol. The number of ether oxygens (including phenoxy) is 2. The first-order valence-corrected chi connectivity index (χ1v) is 11.7. The van der Waals surface area contributed by atoms with E-state index < -0.39 is 17.9 Å². The van der Waals surface area contributed by atoms with Crippen LogP contribution in [0.25, 0.3) is 11.3 Å². The summed E-state index contributed by atoms with van der Waals surface area (Å²) in [5, 5.41) is 18.7. The molecular formula is C26H25N3O5S. The highest BCUT2D eigenvalue weighted by Gasteiger charge is 2.38. The first-order chi connectivity index (χ1) is 16.8.